The summed E-state index contributed by atoms with van der Waals surface area (Å²) in [5, 5.41) is 6.31. The summed E-state index contributed by atoms with van der Waals surface area (Å²) in [7, 11) is 0. The SMILES string of the molecule is CCN=C(NCC)NC1CC1c1c(F)cccc1F.I. The minimum Gasteiger partial charge on any atom is -0.357 e. The molecule has 1 saturated carbocycles. The number of aliphatic imine (C=N–C) groups is 1. The van der Waals surface area contributed by atoms with E-state index in [0.29, 0.717) is 12.5 Å². The molecule has 112 valence electrons. The van der Waals surface area contributed by atoms with Gasteiger partial charge < -0.3 is 10.6 Å². The highest BCUT2D eigenvalue weighted by molar-refractivity contribution is 14.0. The molecule has 1 aliphatic rings. The van der Waals surface area contributed by atoms with Crippen LogP contribution >= 0.6 is 24.0 Å². The molecule has 2 N–H and O–H groups in total. The largest absolute Gasteiger partial charge is 0.357 e. The van der Waals surface area contributed by atoms with E-state index < -0.39 is 11.6 Å². The summed E-state index contributed by atoms with van der Waals surface area (Å²) in [4.78, 5) is 4.27. The van der Waals surface area contributed by atoms with Crippen molar-refractivity contribution in [3.05, 3.63) is 35.4 Å². The molecule has 2 rings (SSSR count). The Balaban J connectivity index is 0.00000200. The zero-order chi connectivity index (χ0) is 13.8. The third kappa shape index (κ3) is 4.04. The number of hydrogen-bond donors (Lipinski definition) is 2. The highest BCUT2D eigenvalue weighted by Gasteiger charge is 2.42. The van der Waals surface area contributed by atoms with Crippen molar-refractivity contribution in [1.29, 1.82) is 0 Å². The summed E-state index contributed by atoms with van der Waals surface area (Å²) in [6, 6.07) is 4.05. The van der Waals surface area contributed by atoms with Gasteiger partial charge in [0.15, 0.2) is 5.96 Å². The van der Waals surface area contributed by atoms with Gasteiger partial charge in [0.1, 0.15) is 11.6 Å². The lowest BCUT2D eigenvalue weighted by molar-refractivity contribution is 0.553. The summed E-state index contributed by atoms with van der Waals surface area (Å²) in [5.74, 6) is -0.338. The molecule has 3 nitrogen and oxygen atoms in total. The molecule has 1 aromatic rings. The molecule has 0 spiro atoms. The fraction of sp³-hybridized carbons (Fsp3) is 0.500. The molecule has 0 aromatic heterocycles. The first-order valence-electron chi connectivity index (χ1n) is 6.66. The van der Waals surface area contributed by atoms with Crippen molar-refractivity contribution < 1.29 is 8.78 Å². The van der Waals surface area contributed by atoms with Crippen LogP contribution < -0.4 is 10.6 Å². The second kappa shape index (κ2) is 7.75. The monoisotopic (exact) mass is 395 g/mol. The van der Waals surface area contributed by atoms with Gasteiger partial charge in [0.2, 0.25) is 0 Å². The van der Waals surface area contributed by atoms with Gasteiger partial charge in [0, 0.05) is 30.6 Å². The third-order valence-corrected chi connectivity index (χ3v) is 3.14. The molecule has 0 heterocycles. The maximum Gasteiger partial charge on any atom is 0.191 e. The van der Waals surface area contributed by atoms with Crippen LogP contribution in [-0.2, 0) is 0 Å². The number of nitrogens with one attached hydrogen (secondary N) is 2. The van der Waals surface area contributed by atoms with Crippen molar-refractivity contribution >= 4 is 29.9 Å². The average molecular weight is 395 g/mol. The van der Waals surface area contributed by atoms with Crippen molar-refractivity contribution in [2.24, 2.45) is 4.99 Å². The molecule has 20 heavy (non-hydrogen) atoms. The Morgan fingerprint density at radius 2 is 1.95 bits per heavy atom. The van der Waals surface area contributed by atoms with Gasteiger partial charge in [0.25, 0.3) is 0 Å². The Morgan fingerprint density at radius 3 is 2.50 bits per heavy atom. The van der Waals surface area contributed by atoms with Crippen LogP contribution in [0.2, 0.25) is 0 Å². The molecule has 0 amide bonds. The van der Waals surface area contributed by atoms with E-state index in [1.807, 2.05) is 13.8 Å². The Hall–Kier alpha value is -0.920. The zero-order valence-corrected chi connectivity index (χ0v) is 13.9. The van der Waals surface area contributed by atoms with Gasteiger partial charge in [-0.3, -0.25) is 4.99 Å². The van der Waals surface area contributed by atoms with Gasteiger partial charge in [-0.05, 0) is 32.4 Å². The minimum atomic E-state index is -0.466. The summed E-state index contributed by atoms with van der Waals surface area (Å²) in [6.45, 7) is 5.35. The quantitative estimate of drug-likeness (QED) is 0.467. The van der Waals surface area contributed by atoms with E-state index in [4.69, 9.17) is 0 Å². The topological polar surface area (TPSA) is 36.4 Å². The molecule has 0 radical (unpaired) electrons. The van der Waals surface area contributed by atoms with Crippen LogP contribution in [0.15, 0.2) is 23.2 Å². The van der Waals surface area contributed by atoms with Crippen molar-refractivity contribution in [2.75, 3.05) is 13.1 Å². The third-order valence-electron chi connectivity index (χ3n) is 3.14. The molecule has 0 aliphatic heterocycles. The molecular formula is C14H20F2IN3. The van der Waals surface area contributed by atoms with Crippen LogP contribution in [0.3, 0.4) is 0 Å². The first kappa shape index (κ1) is 17.1. The highest BCUT2D eigenvalue weighted by Crippen LogP contribution is 2.42. The van der Waals surface area contributed by atoms with Crippen LogP contribution in [0.1, 0.15) is 31.7 Å². The first-order chi connectivity index (χ1) is 9.17. The van der Waals surface area contributed by atoms with Crippen molar-refractivity contribution in [1.82, 2.24) is 10.6 Å². The fourth-order valence-corrected chi connectivity index (χ4v) is 2.19. The lowest BCUT2D eigenvalue weighted by Gasteiger charge is -2.11. The molecular weight excluding hydrogens is 375 g/mol. The second-order valence-electron chi connectivity index (χ2n) is 4.58. The van der Waals surface area contributed by atoms with E-state index in [9.17, 15) is 8.78 Å². The van der Waals surface area contributed by atoms with Crippen LogP contribution in [-0.4, -0.2) is 25.1 Å². The normalized spacial score (nSPS) is 21.1. The maximum absolute atomic E-state index is 13.6. The van der Waals surface area contributed by atoms with E-state index in [2.05, 4.69) is 15.6 Å². The van der Waals surface area contributed by atoms with Gasteiger partial charge in [-0.1, -0.05) is 6.07 Å². The predicted octanol–water partition coefficient (Wildman–Crippen LogP) is 3.01. The summed E-state index contributed by atoms with van der Waals surface area (Å²) in [5.41, 5.74) is 0.187. The molecule has 0 bridgehead atoms. The van der Waals surface area contributed by atoms with Crippen molar-refractivity contribution in [2.45, 2.75) is 32.2 Å². The number of guanidine groups is 1. The summed E-state index contributed by atoms with van der Waals surface area (Å²) >= 11 is 0. The number of hydrogen-bond acceptors (Lipinski definition) is 1. The molecule has 6 heteroatoms. The fourth-order valence-electron chi connectivity index (χ4n) is 2.19. The Kier molecular flexibility index (Phi) is 6.64. The number of halogens is 3. The van der Waals surface area contributed by atoms with E-state index in [0.717, 1.165) is 13.0 Å². The van der Waals surface area contributed by atoms with Crippen LogP contribution in [0.25, 0.3) is 0 Å². The summed E-state index contributed by atoms with van der Waals surface area (Å²) < 4.78 is 27.3. The van der Waals surface area contributed by atoms with Gasteiger partial charge in [-0.15, -0.1) is 24.0 Å². The molecule has 2 atom stereocenters. The van der Waals surface area contributed by atoms with E-state index in [1.54, 1.807) is 0 Å². The van der Waals surface area contributed by atoms with E-state index in [1.165, 1.54) is 18.2 Å². The number of benzene rings is 1. The van der Waals surface area contributed by atoms with Crippen LogP contribution in [0.5, 0.6) is 0 Å². The van der Waals surface area contributed by atoms with Crippen LogP contribution in [0.4, 0.5) is 8.78 Å². The Morgan fingerprint density at radius 1 is 1.30 bits per heavy atom. The van der Waals surface area contributed by atoms with Gasteiger partial charge in [-0.2, -0.15) is 0 Å². The van der Waals surface area contributed by atoms with Crippen LogP contribution in [0, 0.1) is 11.6 Å². The van der Waals surface area contributed by atoms with Crippen molar-refractivity contribution in [3.63, 3.8) is 0 Å². The average Bonchev–Trinajstić information content (AvgIpc) is 3.08. The minimum absolute atomic E-state index is 0. The molecule has 1 fully saturated rings. The number of nitrogens with zero attached hydrogens (tertiary/aromatic N) is 1. The summed E-state index contributed by atoms with van der Waals surface area (Å²) in [6.07, 6.45) is 0.728. The highest BCUT2D eigenvalue weighted by atomic mass is 127. The molecule has 0 saturated heterocycles. The smallest absolute Gasteiger partial charge is 0.191 e. The maximum atomic E-state index is 13.6. The first-order valence-corrected chi connectivity index (χ1v) is 6.66. The Bertz CT molecular complexity index is 459. The zero-order valence-electron chi connectivity index (χ0n) is 11.6. The molecule has 2 unspecified atom stereocenters. The van der Waals surface area contributed by atoms with E-state index >= 15 is 0 Å². The van der Waals surface area contributed by atoms with Gasteiger partial charge >= 0.3 is 0 Å². The standard InChI is InChI=1S/C14H19F2N3.HI/c1-3-17-14(18-4-2)19-12-8-9(12)13-10(15)6-5-7-11(13)16;/h5-7,9,12H,3-4,8H2,1-2H3,(H2,17,18,19);1H. The lowest BCUT2D eigenvalue weighted by atomic mass is 10.1. The lowest BCUT2D eigenvalue weighted by Crippen LogP contribution is -2.39. The number of rotatable bonds is 4. The van der Waals surface area contributed by atoms with Crippen molar-refractivity contribution in [3.8, 4) is 0 Å². The Labute approximate surface area is 135 Å². The van der Waals surface area contributed by atoms with E-state index in [-0.39, 0.29) is 41.5 Å². The molecule has 1 aliphatic carbocycles. The predicted molar refractivity (Wildman–Crippen MR) is 87.7 cm³/mol. The molecule has 1 aromatic carbocycles. The van der Waals surface area contributed by atoms with Gasteiger partial charge in [-0.25, -0.2) is 8.78 Å². The second-order valence-corrected chi connectivity index (χ2v) is 4.58. The van der Waals surface area contributed by atoms with Gasteiger partial charge in [0.05, 0.1) is 0 Å².